The average Bonchev–Trinajstić information content (AvgIpc) is 2.85. The summed E-state index contributed by atoms with van der Waals surface area (Å²) in [6, 6.07) is 9.66. The number of hydrogen-bond acceptors (Lipinski definition) is 8. The van der Waals surface area contributed by atoms with E-state index in [1.807, 2.05) is 13.8 Å². The summed E-state index contributed by atoms with van der Waals surface area (Å²) in [5.41, 5.74) is 1.17. The van der Waals surface area contributed by atoms with Gasteiger partial charge in [0.2, 0.25) is 11.8 Å². The van der Waals surface area contributed by atoms with Crippen LogP contribution in [0.2, 0.25) is 0 Å². The molecule has 0 spiro atoms. The summed E-state index contributed by atoms with van der Waals surface area (Å²) in [4.78, 5) is 32.6. The Hall–Kier alpha value is -3.83. The Balaban J connectivity index is 1.58. The van der Waals surface area contributed by atoms with Gasteiger partial charge in [-0.3, -0.25) is 9.59 Å². The molecule has 11 heteroatoms. The van der Waals surface area contributed by atoms with Crippen LogP contribution in [0.1, 0.15) is 26.7 Å². The molecule has 0 saturated carbocycles. The minimum absolute atomic E-state index is 0.221. The van der Waals surface area contributed by atoms with E-state index in [4.69, 9.17) is 14.2 Å². The Kier molecular flexibility index (Phi) is 9.70. The normalized spacial score (nSPS) is 11.3. The van der Waals surface area contributed by atoms with Gasteiger partial charge in [0.15, 0.2) is 0 Å². The van der Waals surface area contributed by atoms with Crippen LogP contribution in [-0.4, -0.2) is 61.4 Å². The second kappa shape index (κ2) is 12.9. The molecular weight excluding hydrogens is 481 g/mol. The summed E-state index contributed by atoms with van der Waals surface area (Å²) >= 11 is 0. The molecule has 0 bridgehead atoms. The van der Waals surface area contributed by atoms with Crippen LogP contribution >= 0.6 is 0 Å². The smallest absolute Gasteiger partial charge is 0.233 e. The number of hydrogen-bond donors (Lipinski definition) is 3. The third kappa shape index (κ3) is 8.36. The predicted octanol–water partition coefficient (Wildman–Crippen LogP) is 3.80. The highest BCUT2D eigenvalue weighted by atomic mass is 19.1. The molecule has 1 heterocycles. The molecular formula is C26H32FN5O5. The Bertz CT molecular complexity index is 1220. The van der Waals surface area contributed by atoms with Crippen molar-refractivity contribution >= 4 is 39.9 Å². The fourth-order valence-corrected chi connectivity index (χ4v) is 3.33. The first kappa shape index (κ1) is 27.8. The monoisotopic (exact) mass is 513 g/mol. The number of methoxy groups -OCH3 is 2. The first-order valence-electron chi connectivity index (χ1n) is 11.8. The summed E-state index contributed by atoms with van der Waals surface area (Å²) < 4.78 is 30.6. The van der Waals surface area contributed by atoms with Crippen LogP contribution in [-0.2, 0) is 19.1 Å². The Morgan fingerprint density at radius 3 is 2.43 bits per heavy atom. The zero-order valence-electron chi connectivity index (χ0n) is 21.4. The van der Waals surface area contributed by atoms with Gasteiger partial charge in [-0.05, 0) is 44.5 Å². The van der Waals surface area contributed by atoms with E-state index >= 15 is 0 Å². The van der Waals surface area contributed by atoms with E-state index in [1.54, 1.807) is 44.6 Å². The number of fused-ring (bicyclic) bond motifs is 1. The molecule has 0 aliphatic carbocycles. The van der Waals surface area contributed by atoms with Crippen molar-refractivity contribution in [2.24, 2.45) is 0 Å². The third-order valence-corrected chi connectivity index (χ3v) is 5.57. The maximum Gasteiger partial charge on any atom is 0.233 e. The van der Waals surface area contributed by atoms with Crippen LogP contribution in [0.5, 0.6) is 5.75 Å². The second-order valence-corrected chi connectivity index (χ2v) is 8.85. The molecule has 0 saturated heterocycles. The van der Waals surface area contributed by atoms with Crippen LogP contribution in [0, 0.1) is 5.82 Å². The van der Waals surface area contributed by atoms with Gasteiger partial charge in [-0.1, -0.05) is 0 Å². The van der Waals surface area contributed by atoms with Crippen molar-refractivity contribution in [2.75, 3.05) is 44.6 Å². The number of ether oxygens (including phenoxy) is 3. The van der Waals surface area contributed by atoms with Gasteiger partial charge >= 0.3 is 0 Å². The summed E-state index contributed by atoms with van der Waals surface area (Å²) in [5.74, 6) is -0.694. The van der Waals surface area contributed by atoms with Crippen LogP contribution in [0.25, 0.3) is 10.9 Å². The minimum atomic E-state index is -0.527. The van der Waals surface area contributed by atoms with E-state index in [9.17, 15) is 14.0 Å². The number of nitrogens with zero attached hydrogens (tertiary/aromatic N) is 2. The molecule has 0 unspecified atom stereocenters. The fourth-order valence-electron chi connectivity index (χ4n) is 3.33. The lowest BCUT2D eigenvalue weighted by Gasteiger charge is -2.22. The van der Waals surface area contributed by atoms with E-state index < -0.39 is 11.7 Å². The molecule has 3 rings (SSSR count). The number of amides is 2. The van der Waals surface area contributed by atoms with Crippen molar-refractivity contribution in [1.82, 2.24) is 15.3 Å². The highest BCUT2D eigenvalue weighted by Crippen LogP contribution is 2.29. The van der Waals surface area contributed by atoms with Crippen molar-refractivity contribution in [3.63, 3.8) is 0 Å². The predicted molar refractivity (Wildman–Crippen MR) is 139 cm³/mol. The number of benzene rings is 2. The highest BCUT2D eigenvalue weighted by Gasteiger charge is 2.17. The van der Waals surface area contributed by atoms with Gasteiger partial charge in [-0.2, -0.15) is 0 Å². The first-order valence-corrected chi connectivity index (χ1v) is 11.8. The van der Waals surface area contributed by atoms with Crippen molar-refractivity contribution in [1.29, 1.82) is 0 Å². The number of carbonyl (C=O) groups excluding carboxylic acids is 2. The Morgan fingerprint density at radius 2 is 1.73 bits per heavy atom. The number of rotatable bonds is 13. The van der Waals surface area contributed by atoms with Crippen molar-refractivity contribution < 1.29 is 28.2 Å². The summed E-state index contributed by atoms with van der Waals surface area (Å²) in [6.07, 6.45) is 1.66. The maximum atomic E-state index is 14.9. The van der Waals surface area contributed by atoms with Crippen LogP contribution in [0.4, 0.5) is 21.6 Å². The molecule has 10 nitrogen and oxygen atoms in total. The SMILES string of the molecule is COCCOc1cc(F)c2c(Nc3ccc(NC(=O)CC(=O)NCCC(C)(C)OC)cc3)ncnc2c1. The quantitative estimate of drug-likeness (QED) is 0.233. The number of carbonyl (C=O) groups is 2. The first-order chi connectivity index (χ1) is 17.7. The summed E-state index contributed by atoms with van der Waals surface area (Å²) in [5, 5.41) is 8.70. The maximum absolute atomic E-state index is 14.9. The number of halogens is 1. The Labute approximate surface area is 214 Å². The van der Waals surface area contributed by atoms with Crippen LogP contribution in [0.15, 0.2) is 42.7 Å². The number of aromatic nitrogens is 2. The molecule has 37 heavy (non-hydrogen) atoms. The van der Waals surface area contributed by atoms with E-state index in [0.29, 0.717) is 42.2 Å². The minimum Gasteiger partial charge on any atom is -0.491 e. The molecule has 0 atom stereocenters. The second-order valence-electron chi connectivity index (χ2n) is 8.85. The van der Waals surface area contributed by atoms with E-state index in [2.05, 4.69) is 25.9 Å². The lowest BCUT2D eigenvalue weighted by Crippen LogP contribution is -2.33. The van der Waals surface area contributed by atoms with Crippen LogP contribution in [0.3, 0.4) is 0 Å². The molecule has 198 valence electrons. The number of anilines is 3. The number of nitrogens with one attached hydrogen (secondary N) is 3. The van der Waals surface area contributed by atoms with Crippen molar-refractivity contribution in [3.05, 3.63) is 48.5 Å². The molecule has 0 aliphatic rings. The third-order valence-electron chi connectivity index (χ3n) is 5.57. The fraction of sp³-hybridized carbons (Fsp3) is 0.385. The van der Waals surface area contributed by atoms with Gasteiger partial charge < -0.3 is 30.2 Å². The summed E-state index contributed by atoms with van der Waals surface area (Å²) in [7, 11) is 3.17. The molecule has 3 N–H and O–H groups in total. The molecule has 0 aliphatic heterocycles. The lowest BCUT2D eigenvalue weighted by molar-refractivity contribution is -0.126. The largest absolute Gasteiger partial charge is 0.491 e. The lowest BCUT2D eigenvalue weighted by atomic mass is 10.1. The van der Waals surface area contributed by atoms with Gasteiger partial charge in [0.1, 0.15) is 36.7 Å². The van der Waals surface area contributed by atoms with Crippen molar-refractivity contribution in [3.8, 4) is 5.75 Å². The summed E-state index contributed by atoms with van der Waals surface area (Å²) in [6.45, 7) is 4.92. The highest BCUT2D eigenvalue weighted by molar-refractivity contribution is 6.03. The topological polar surface area (TPSA) is 124 Å². The Morgan fingerprint density at radius 1 is 1.00 bits per heavy atom. The van der Waals surface area contributed by atoms with E-state index in [1.165, 1.54) is 12.4 Å². The van der Waals surface area contributed by atoms with Gasteiger partial charge in [-0.25, -0.2) is 14.4 Å². The average molecular weight is 514 g/mol. The molecule has 2 amide bonds. The molecule has 0 fully saturated rings. The zero-order chi connectivity index (χ0) is 26.8. The molecule has 0 radical (unpaired) electrons. The van der Waals surface area contributed by atoms with Gasteiger partial charge in [0, 0.05) is 44.3 Å². The molecule has 1 aromatic heterocycles. The standard InChI is InChI=1S/C26H32FN5O5/c1-26(2,36-4)9-10-28-22(33)15-23(34)31-17-5-7-18(8-6-17)32-25-24-20(27)13-19(37-12-11-35-3)14-21(24)29-16-30-25/h5-8,13-14,16H,9-12,15H2,1-4H3,(H,28,33)(H,31,34)(H,29,30,32). The zero-order valence-corrected chi connectivity index (χ0v) is 21.4. The van der Waals surface area contributed by atoms with E-state index in [0.717, 1.165) is 0 Å². The molecule has 2 aromatic carbocycles. The van der Waals surface area contributed by atoms with Gasteiger partial charge in [0.05, 0.1) is 23.1 Å². The van der Waals surface area contributed by atoms with E-state index in [-0.39, 0.29) is 35.7 Å². The molecule has 3 aromatic rings. The van der Waals surface area contributed by atoms with Gasteiger partial charge in [-0.15, -0.1) is 0 Å². The van der Waals surface area contributed by atoms with Crippen LogP contribution < -0.4 is 20.7 Å². The van der Waals surface area contributed by atoms with Crippen molar-refractivity contribution in [2.45, 2.75) is 32.3 Å². The van der Waals surface area contributed by atoms with Gasteiger partial charge in [0.25, 0.3) is 0 Å².